The fraction of sp³-hybridized carbons (Fsp3) is 0.550. The molecule has 25 heavy (non-hydrogen) atoms. The molecule has 1 aromatic rings. The van der Waals surface area contributed by atoms with Gasteiger partial charge in [-0.2, -0.15) is 5.26 Å². The van der Waals surface area contributed by atoms with Crippen molar-refractivity contribution in [1.82, 2.24) is 0 Å². The van der Waals surface area contributed by atoms with Gasteiger partial charge in [-0.1, -0.05) is 59.8 Å². The van der Waals surface area contributed by atoms with Crippen molar-refractivity contribution in [3.8, 4) is 6.07 Å². The molecule has 2 rings (SSSR count). The summed E-state index contributed by atoms with van der Waals surface area (Å²) in [6.45, 7) is 13.1. The summed E-state index contributed by atoms with van der Waals surface area (Å²) in [6, 6.07) is 13.0. The molecular formula is C20H30BNO2Si. The second kappa shape index (κ2) is 7.49. The minimum Gasteiger partial charge on any atom is -0.400 e. The van der Waals surface area contributed by atoms with Crippen molar-refractivity contribution in [1.29, 1.82) is 5.26 Å². The van der Waals surface area contributed by atoms with Gasteiger partial charge in [-0.05, 0) is 40.5 Å². The summed E-state index contributed by atoms with van der Waals surface area (Å²) in [6.07, 6.45) is 2.39. The van der Waals surface area contributed by atoms with E-state index in [2.05, 4.69) is 83.2 Å². The van der Waals surface area contributed by atoms with Crippen molar-refractivity contribution < 1.29 is 9.31 Å². The topological polar surface area (TPSA) is 42.2 Å². The van der Waals surface area contributed by atoms with Gasteiger partial charge in [0, 0.05) is 6.42 Å². The molecule has 1 saturated heterocycles. The maximum absolute atomic E-state index is 8.91. The largest absolute Gasteiger partial charge is 0.486 e. The van der Waals surface area contributed by atoms with Crippen LogP contribution in [-0.2, 0) is 9.31 Å². The Bertz CT molecular complexity index is 646. The summed E-state index contributed by atoms with van der Waals surface area (Å²) < 4.78 is 12.4. The van der Waals surface area contributed by atoms with Gasteiger partial charge >= 0.3 is 7.12 Å². The fourth-order valence-electron chi connectivity index (χ4n) is 3.12. The molecule has 0 aliphatic carbocycles. The number of benzene rings is 1. The third kappa shape index (κ3) is 4.44. The molecule has 1 aromatic carbocycles. The Balaban J connectivity index is 2.32. The van der Waals surface area contributed by atoms with E-state index in [4.69, 9.17) is 14.6 Å². The Kier molecular flexibility index (Phi) is 5.98. The van der Waals surface area contributed by atoms with Crippen molar-refractivity contribution in [2.24, 2.45) is 0 Å². The normalized spacial score (nSPS) is 19.7. The SMILES string of the molecule is CC1(C)OB(/C=C(/CCCC#N)[Si](C)(C)c2ccccc2)OC1(C)C. The van der Waals surface area contributed by atoms with Crippen LogP contribution in [0, 0.1) is 11.3 Å². The molecule has 0 spiro atoms. The summed E-state index contributed by atoms with van der Waals surface area (Å²) >= 11 is 0. The van der Waals surface area contributed by atoms with Crippen LogP contribution in [-0.4, -0.2) is 26.4 Å². The van der Waals surface area contributed by atoms with Crippen LogP contribution in [0.1, 0.15) is 47.0 Å². The first-order valence-electron chi connectivity index (χ1n) is 9.09. The molecule has 1 aliphatic rings. The van der Waals surface area contributed by atoms with Gasteiger partial charge in [0.05, 0.1) is 17.3 Å². The maximum Gasteiger partial charge on any atom is 0.486 e. The number of nitriles is 1. The first kappa shape index (κ1) is 20.0. The lowest BCUT2D eigenvalue weighted by molar-refractivity contribution is 0.00578. The lowest BCUT2D eigenvalue weighted by Crippen LogP contribution is -2.44. The monoisotopic (exact) mass is 355 g/mol. The number of unbranched alkanes of at least 4 members (excludes halogenated alkanes) is 1. The van der Waals surface area contributed by atoms with E-state index >= 15 is 0 Å². The quantitative estimate of drug-likeness (QED) is 0.561. The van der Waals surface area contributed by atoms with E-state index in [1.165, 1.54) is 10.4 Å². The molecule has 0 N–H and O–H groups in total. The Hall–Kier alpha value is -1.35. The maximum atomic E-state index is 8.91. The van der Waals surface area contributed by atoms with Gasteiger partial charge in [-0.15, -0.1) is 0 Å². The van der Waals surface area contributed by atoms with E-state index in [-0.39, 0.29) is 18.3 Å². The van der Waals surface area contributed by atoms with Gasteiger partial charge in [0.25, 0.3) is 0 Å². The molecule has 0 unspecified atom stereocenters. The van der Waals surface area contributed by atoms with Gasteiger partial charge in [0.2, 0.25) is 0 Å². The summed E-state index contributed by atoms with van der Waals surface area (Å²) in [5, 5.41) is 11.7. The smallest absolute Gasteiger partial charge is 0.400 e. The predicted octanol–water partition coefficient (Wildman–Crippen LogP) is 4.39. The lowest BCUT2D eigenvalue weighted by Gasteiger charge is -2.32. The highest BCUT2D eigenvalue weighted by molar-refractivity contribution is 6.96. The first-order chi connectivity index (χ1) is 11.6. The summed E-state index contributed by atoms with van der Waals surface area (Å²) in [4.78, 5) is 0. The summed E-state index contributed by atoms with van der Waals surface area (Å²) in [5.74, 6) is 2.19. The molecule has 0 saturated carbocycles. The lowest BCUT2D eigenvalue weighted by atomic mass is 9.89. The van der Waals surface area contributed by atoms with E-state index in [1.807, 2.05) is 0 Å². The number of hydrogen-bond donors (Lipinski definition) is 0. The van der Waals surface area contributed by atoms with Crippen molar-refractivity contribution in [3.05, 3.63) is 41.5 Å². The molecule has 1 fully saturated rings. The highest BCUT2D eigenvalue weighted by Gasteiger charge is 2.50. The second-order valence-electron chi connectivity index (χ2n) is 8.32. The van der Waals surface area contributed by atoms with Crippen molar-refractivity contribution in [2.75, 3.05) is 0 Å². The van der Waals surface area contributed by atoms with Crippen LogP contribution >= 0.6 is 0 Å². The van der Waals surface area contributed by atoms with Crippen molar-refractivity contribution >= 4 is 20.4 Å². The zero-order valence-electron chi connectivity index (χ0n) is 16.4. The van der Waals surface area contributed by atoms with Crippen molar-refractivity contribution in [2.45, 2.75) is 71.3 Å². The zero-order chi connectivity index (χ0) is 18.7. The Morgan fingerprint density at radius 2 is 1.68 bits per heavy atom. The van der Waals surface area contributed by atoms with Crippen molar-refractivity contribution in [3.63, 3.8) is 0 Å². The van der Waals surface area contributed by atoms with Gasteiger partial charge < -0.3 is 9.31 Å². The number of allylic oxidation sites excluding steroid dienone is 1. The molecule has 5 heteroatoms. The highest BCUT2D eigenvalue weighted by atomic mass is 28.3. The molecule has 0 bridgehead atoms. The van der Waals surface area contributed by atoms with Crippen LogP contribution in [0.15, 0.2) is 41.5 Å². The molecule has 1 aliphatic heterocycles. The molecule has 0 atom stereocenters. The van der Waals surface area contributed by atoms with E-state index in [0.717, 1.165) is 12.8 Å². The van der Waals surface area contributed by atoms with E-state index < -0.39 is 8.07 Å². The molecule has 0 radical (unpaired) electrons. The summed E-state index contributed by atoms with van der Waals surface area (Å²) in [7, 11) is -2.15. The minimum atomic E-state index is -1.83. The average molecular weight is 355 g/mol. The Labute approximate surface area is 154 Å². The highest BCUT2D eigenvalue weighted by Crippen LogP contribution is 2.37. The number of rotatable bonds is 6. The molecule has 3 nitrogen and oxygen atoms in total. The third-order valence-corrected chi connectivity index (χ3v) is 9.44. The molecule has 1 heterocycles. The predicted molar refractivity (Wildman–Crippen MR) is 107 cm³/mol. The Morgan fingerprint density at radius 1 is 1.12 bits per heavy atom. The van der Waals surface area contributed by atoms with Gasteiger partial charge in [-0.25, -0.2) is 0 Å². The molecule has 134 valence electrons. The van der Waals surface area contributed by atoms with Gasteiger partial charge in [0.15, 0.2) is 0 Å². The second-order valence-corrected chi connectivity index (χ2v) is 12.8. The van der Waals surface area contributed by atoms with Crippen LogP contribution in [0.2, 0.25) is 13.1 Å². The zero-order valence-corrected chi connectivity index (χ0v) is 17.4. The van der Waals surface area contributed by atoms with Crippen LogP contribution < -0.4 is 5.19 Å². The molecule has 0 amide bonds. The number of hydrogen-bond acceptors (Lipinski definition) is 3. The minimum absolute atomic E-state index is 0.322. The van der Waals surface area contributed by atoms with Crippen LogP contribution in [0.25, 0.3) is 0 Å². The van der Waals surface area contributed by atoms with E-state index in [0.29, 0.717) is 6.42 Å². The van der Waals surface area contributed by atoms with Crippen LogP contribution in [0.5, 0.6) is 0 Å². The molecular weight excluding hydrogens is 325 g/mol. The Morgan fingerprint density at radius 3 is 2.20 bits per heavy atom. The van der Waals surface area contributed by atoms with Gasteiger partial charge in [-0.3, -0.25) is 0 Å². The van der Waals surface area contributed by atoms with Gasteiger partial charge in [0.1, 0.15) is 8.07 Å². The average Bonchev–Trinajstić information content (AvgIpc) is 2.74. The summed E-state index contributed by atoms with van der Waals surface area (Å²) in [5.41, 5.74) is -0.658. The fourth-order valence-corrected chi connectivity index (χ4v) is 5.87. The molecule has 0 aromatic heterocycles. The number of nitrogens with zero attached hydrogens (tertiary/aromatic N) is 1. The van der Waals surface area contributed by atoms with Crippen LogP contribution in [0.4, 0.5) is 0 Å². The third-order valence-electron chi connectivity index (χ3n) is 5.64. The van der Waals surface area contributed by atoms with Crippen LogP contribution in [0.3, 0.4) is 0 Å². The van der Waals surface area contributed by atoms with E-state index in [9.17, 15) is 0 Å². The van der Waals surface area contributed by atoms with E-state index in [1.54, 1.807) is 0 Å². The first-order valence-corrected chi connectivity index (χ1v) is 12.1. The standard InChI is InChI=1S/C20H30BNO2Si/c1-19(2)20(3,4)24-21(23-19)16-18(14-10-11-15-22)25(5,6)17-12-8-7-9-13-17/h7-9,12-13,16H,10-11,14H2,1-6H3/b18-16-.